The van der Waals surface area contributed by atoms with Crippen LogP contribution >= 0.6 is 0 Å². The molecule has 19 heavy (non-hydrogen) atoms. The van der Waals surface area contributed by atoms with E-state index in [4.69, 9.17) is 5.73 Å². The molecule has 0 saturated heterocycles. The van der Waals surface area contributed by atoms with Crippen LogP contribution in [0.4, 0.5) is 17.5 Å². The van der Waals surface area contributed by atoms with Gasteiger partial charge in [-0.15, -0.1) is 0 Å². The summed E-state index contributed by atoms with van der Waals surface area (Å²) in [6.07, 6.45) is 4.45. The van der Waals surface area contributed by atoms with Crippen LogP contribution in [0.15, 0.2) is 6.20 Å². The first kappa shape index (κ1) is 13.5. The SMILES string of the molecule is CN(C)C1(CNc2nc(N)ncc2[N+](=O)[O-])CCC1. The van der Waals surface area contributed by atoms with E-state index in [1.165, 1.54) is 6.42 Å². The van der Waals surface area contributed by atoms with E-state index in [0.29, 0.717) is 6.54 Å². The summed E-state index contributed by atoms with van der Waals surface area (Å²) < 4.78 is 0. The largest absolute Gasteiger partial charge is 0.368 e. The molecule has 1 fully saturated rings. The van der Waals surface area contributed by atoms with Gasteiger partial charge >= 0.3 is 5.69 Å². The number of nitrogens with one attached hydrogen (secondary N) is 1. The average molecular weight is 266 g/mol. The minimum absolute atomic E-state index is 0.0283. The summed E-state index contributed by atoms with van der Waals surface area (Å²) in [6.45, 7) is 0.608. The molecule has 1 saturated carbocycles. The van der Waals surface area contributed by atoms with E-state index in [1.54, 1.807) is 0 Å². The maximum absolute atomic E-state index is 10.9. The van der Waals surface area contributed by atoms with Gasteiger partial charge in [0.2, 0.25) is 11.8 Å². The molecule has 0 spiro atoms. The summed E-state index contributed by atoms with van der Waals surface area (Å²) in [4.78, 5) is 20.1. The van der Waals surface area contributed by atoms with Crippen LogP contribution in [-0.4, -0.2) is 46.0 Å². The highest BCUT2D eigenvalue weighted by Crippen LogP contribution is 2.36. The highest BCUT2D eigenvalue weighted by atomic mass is 16.6. The highest BCUT2D eigenvalue weighted by molar-refractivity contribution is 5.56. The number of aromatic nitrogens is 2. The fourth-order valence-electron chi connectivity index (χ4n) is 2.27. The van der Waals surface area contributed by atoms with Crippen molar-refractivity contribution in [2.75, 3.05) is 31.7 Å². The lowest BCUT2D eigenvalue weighted by atomic mass is 9.75. The molecule has 0 bridgehead atoms. The molecule has 0 amide bonds. The standard InChI is InChI=1S/C11H18N6O2/c1-16(2)11(4-3-5-11)7-14-9-8(17(18)19)6-13-10(12)15-9/h6H,3-5,7H2,1-2H3,(H3,12,13,14,15). The van der Waals surface area contributed by atoms with Crippen LogP contribution in [0.3, 0.4) is 0 Å². The Bertz CT molecular complexity index is 486. The molecular formula is C11H18N6O2. The monoisotopic (exact) mass is 266 g/mol. The minimum atomic E-state index is -0.509. The van der Waals surface area contributed by atoms with Crippen LogP contribution in [-0.2, 0) is 0 Å². The number of hydrogen-bond donors (Lipinski definition) is 2. The first-order valence-corrected chi connectivity index (χ1v) is 6.13. The lowest BCUT2D eigenvalue weighted by Crippen LogP contribution is -2.54. The normalized spacial score (nSPS) is 17.0. The average Bonchev–Trinajstić information content (AvgIpc) is 2.26. The van der Waals surface area contributed by atoms with E-state index in [2.05, 4.69) is 20.2 Å². The molecule has 1 aromatic rings. The van der Waals surface area contributed by atoms with Crippen LogP contribution in [0.5, 0.6) is 0 Å². The number of nitrogen functional groups attached to an aromatic ring is 1. The third kappa shape index (κ3) is 2.58. The third-order valence-corrected chi connectivity index (χ3v) is 3.80. The molecule has 2 rings (SSSR count). The molecule has 0 atom stereocenters. The third-order valence-electron chi connectivity index (χ3n) is 3.80. The zero-order valence-electron chi connectivity index (χ0n) is 11.1. The number of likely N-dealkylation sites (N-methyl/N-ethyl adjacent to an activating group) is 1. The van der Waals surface area contributed by atoms with Gasteiger partial charge in [0.05, 0.1) is 4.92 Å². The van der Waals surface area contributed by atoms with Gasteiger partial charge < -0.3 is 16.0 Å². The number of rotatable bonds is 5. The van der Waals surface area contributed by atoms with Gasteiger partial charge in [0.1, 0.15) is 6.20 Å². The Morgan fingerprint density at radius 1 is 1.58 bits per heavy atom. The molecule has 0 aromatic carbocycles. The van der Waals surface area contributed by atoms with Crippen molar-refractivity contribution < 1.29 is 4.92 Å². The van der Waals surface area contributed by atoms with Gasteiger partial charge in [-0.1, -0.05) is 0 Å². The van der Waals surface area contributed by atoms with Crippen LogP contribution in [0.25, 0.3) is 0 Å². The maximum atomic E-state index is 10.9. The molecule has 1 aliphatic rings. The van der Waals surface area contributed by atoms with E-state index >= 15 is 0 Å². The zero-order valence-corrected chi connectivity index (χ0v) is 11.1. The molecule has 0 radical (unpaired) electrons. The molecule has 1 heterocycles. The van der Waals surface area contributed by atoms with Crippen LogP contribution in [0, 0.1) is 10.1 Å². The lowest BCUT2D eigenvalue weighted by Gasteiger charge is -2.47. The Hall–Kier alpha value is -1.96. The molecule has 0 unspecified atom stereocenters. The molecule has 8 heteroatoms. The van der Waals surface area contributed by atoms with E-state index < -0.39 is 4.92 Å². The quantitative estimate of drug-likeness (QED) is 0.600. The Balaban J connectivity index is 2.15. The maximum Gasteiger partial charge on any atom is 0.329 e. The molecule has 104 valence electrons. The summed E-state index contributed by atoms with van der Waals surface area (Å²) in [5.41, 5.74) is 5.38. The van der Waals surface area contributed by atoms with Crippen molar-refractivity contribution in [2.45, 2.75) is 24.8 Å². The van der Waals surface area contributed by atoms with Gasteiger partial charge in [-0.25, -0.2) is 4.98 Å². The molecule has 8 nitrogen and oxygen atoms in total. The second kappa shape index (κ2) is 4.96. The van der Waals surface area contributed by atoms with Gasteiger partial charge in [0.15, 0.2) is 0 Å². The van der Waals surface area contributed by atoms with Crippen molar-refractivity contribution in [3.63, 3.8) is 0 Å². The predicted octanol–water partition coefficient (Wildman–Crippen LogP) is 0.863. The Morgan fingerprint density at radius 2 is 2.26 bits per heavy atom. The Labute approximate surface area is 111 Å². The molecule has 1 aromatic heterocycles. The first-order valence-electron chi connectivity index (χ1n) is 6.13. The minimum Gasteiger partial charge on any atom is -0.368 e. The summed E-state index contributed by atoms with van der Waals surface area (Å²) >= 11 is 0. The zero-order chi connectivity index (χ0) is 14.0. The predicted molar refractivity (Wildman–Crippen MR) is 71.9 cm³/mol. The highest BCUT2D eigenvalue weighted by Gasteiger charge is 2.39. The molecule has 1 aliphatic carbocycles. The van der Waals surface area contributed by atoms with Crippen molar-refractivity contribution >= 4 is 17.5 Å². The van der Waals surface area contributed by atoms with Crippen molar-refractivity contribution in [1.29, 1.82) is 0 Å². The Kier molecular flexibility index (Phi) is 3.52. The van der Waals surface area contributed by atoms with Crippen LogP contribution in [0.2, 0.25) is 0 Å². The van der Waals surface area contributed by atoms with Crippen LogP contribution < -0.4 is 11.1 Å². The van der Waals surface area contributed by atoms with Gasteiger partial charge in [-0.2, -0.15) is 4.98 Å². The topological polar surface area (TPSA) is 110 Å². The van der Waals surface area contributed by atoms with E-state index in [-0.39, 0.29) is 23.0 Å². The summed E-state index contributed by atoms with van der Waals surface area (Å²) in [6, 6.07) is 0. The fourth-order valence-corrected chi connectivity index (χ4v) is 2.27. The first-order chi connectivity index (χ1) is 8.94. The summed E-state index contributed by atoms with van der Waals surface area (Å²) in [5.74, 6) is 0.214. The van der Waals surface area contributed by atoms with Gasteiger partial charge in [0, 0.05) is 12.1 Å². The van der Waals surface area contributed by atoms with E-state index in [1.807, 2.05) is 14.1 Å². The van der Waals surface area contributed by atoms with E-state index in [9.17, 15) is 10.1 Å². The molecule has 3 N–H and O–H groups in total. The van der Waals surface area contributed by atoms with Crippen molar-refractivity contribution in [3.05, 3.63) is 16.3 Å². The number of nitro groups is 1. The smallest absolute Gasteiger partial charge is 0.329 e. The molecular weight excluding hydrogens is 248 g/mol. The summed E-state index contributed by atoms with van der Waals surface area (Å²) in [7, 11) is 4.03. The molecule has 0 aliphatic heterocycles. The summed E-state index contributed by atoms with van der Waals surface area (Å²) in [5, 5.41) is 14.0. The number of anilines is 2. The number of nitrogens with two attached hydrogens (primary N) is 1. The Morgan fingerprint density at radius 3 is 2.74 bits per heavy atom. The number of hydrogen-bond acceptors (Lipinski definition) is 7. The fraction of sp³-hybridized carbons (Fsp3) is 0.636. The van der Waals surface area contributed by atoms with E-state index in [0.717, 1.165) is 19.0 Å². The van der Waals surface area contributed by atoms with Gasteiger partial charge in [-0.05, 0) is 33.4 Å². The second-order valence-corrected chi connectivity index (χ2v) is 5.05. The van der Waals surface area contributed by atoms with Crippen molar-refractivity contribution in [1.82, 2.24) is 14.9 Å². The van der Waals surface area contributed by atoms with Gasteiger partial charge in [0.25, 0.3) is 0 Å². The van der Waals surface area contributed by atoms with Crippen molar-refractivity contribution in [3.8, 4) is 0 Å². The van der Waals surface area contributed by atoms with Crippen molar-refractivity contribution in [2.24, 2.45) is 0 Å². The van der Waals surface area contributed by atoms with Crippen LogP contribution in [0.1, 0.15) is 19.3 Å². The number of nitrogens with zero attached hydrogens (tertiary/aromatic N) is 4. The van der Waals surface area contributed by atoms with Gasteiger partial charge in [-0.3, -0.25) is 10.1 Å². The lowest BCUT2D eigenvalue weighted by molar-refractivity contribution is -0.384. The second-order valence-electron chi connectivity index (χ2n) is 5.05.